The van der Waals surface area contributed by atoms with Gasteiger partial charge >= 0.3 is 0 Å². The predicted octanol–water partition coefficient (Wildman–Crippen LogP) is 3.08. The second-order valence-corrected chi connectivity index (χ2v) is 9.08. The molecule has 29 heavy (non-hydrogen) atoms. The summed E-state index contributed by atoms with van der Waals surface area (Å²) in [6.45, 7) is 7.36. The van der Waals surface area contributed by atoms with Crippen molar-refractivity contribution in [1.82, 2.24) is 13.6 Å². The van der Waals surface area contributed by atoms with Gasteiger partial charge in [-0.25, -0.2) is 4.39 Å². The molecule has 2 heterocycles. The lowest BCUT2D eigenvalue weighted by Gasteiger charge is -2.35. The van der Waals surface area contributed by atoms with Gasteiger partial charge in [0.2, 0.25) is 0 Å². The third kappa shape index (κ3) is 5.19. The SMILES string of the molecule is CCN(CC)S(=O)(=O)N1CCOC(c2cc(Cc3ccc(F)cc3)cc(C)n2)C1. The maximum atomic E-state index is 13.2. The molecule has 1 aliphatic rings. The molecule has 1 atom stereocenters. The van der Waals surface area contributed by atoms with Crippen LogP contribution < -0.4 is 0 Å². The van der Waals surface area contributed by atoms with E-state index in [1.54, 1.807) is 12.1 Å². The Morgan fingerprint density at radius 2 is 1.86 bits per heavy atom. The van der Waals surface area contributed by atoms with Crippen LogP contribution in [0.15, 0.2) is 36.4 Å². The minimum atomic E-state index is -3.51. The number of hydrogen-bond acceptors (Lipinski definition) is 4. The van der Waals surface area contributed by atoms with E-state index in [1.165, 1.54) is 20.7 Å². The summed E-state index contributed by atoms with van der Waals surface area (Å²) in [6, 6.07) is 10.4. The Balaban J connectivity index is 1.81. The number of aryl methyl sites for hydroxylation is 1. The van der Waals surface area contributed by atoms with Crippen LogP contribution in [-0.2, 0) is 21.4 Å². The normalized spacial score (nSPS) is 18.3. The summed E-state index contributed by atoms with van der Waals surface area (Å²) >= 11 is 0. The number of nitrogens with zero attached hydrogens (tertiary/aromatic N) is 3. The monoisotopic (exact) mass is 421 g/mol. The molecule has 1 aliphatic heterocycles. The van der Waals surface area contributed by atoms with Crippen molar-refractivity contribution in [3.05, 3.63) is 64.7 Å². The first-order chi connectivity index (χ1) is 13.8. The summed E-state index contributed by atoms with van der Waals surface area (Å²) in [6.07, 6.45) is 0.228. The van der Waals surface area contributed by atoms with Gasteiger partial charge in [-0.2, -0.15) is 17.0 Å². The smallest absolute Gasteiger partial charge is 0.282 e. The number of pyridine rings is 1. The zero-order valence-corrected chi connectivity index (χ0v) is 18.0. The minimum absolute atomic E-state index is 0.241. The second kappa shape index (κ2) is 9.30. The quantitative estimate of drug-likeness (QED) is 0.689. The molecule has 8 heteroatoms. The van der Waals surface area contributed by atoms with E-state index in [4.69, 9.17) is 4.74 Å². The summed E-state index contributed by atoms with van der Waals surface area (Å²) < 4.78 is 47.7. The molecule has 1 aromatic carbocycles. The van der Waals surface area contributed by atoms with E-state index in [2.05, 4.69) is 4.98 Å². The molecule has 0 aliphatic carbocycles. The third-order valence-corrected chi connectivity index (χ3v) is 7.22. The minimum Gasteiger partial charge on any atom is -0.369 e. The standard InChI is InChI=1S/C21H28FN3O3S/c1-4-24(5-2)29(26,27)25-10-11-28-21(15-25)20-14-18(12-16(3)23-20)13-17-6-8-19(22)9-7-17/h6-9,12,14,21H,4-5,10-11,13,15H2,1-3H3. The highest BCUT2D eigenvalue weighted by molar-refractivity contribution is 7.86. The van der Waals surface area contributed by atoms with Crippen molar-refractivity contribution in [3.63, 3.8) is 0 Å². The fraction of sp³-hybridized carbons (Fsp3) is 0.476. The fourth-order valence-corrected chi connectivity index (χ4v) is 5.21. The molecule has 0 bridgehead atoms. The van der Waals surface area contributed by atoms with Crippen molar-refractivity contribution in [3.8, 4) is 0 Å². The van der Waals surface area contributed by atoms with Gasteiger partial charge < -0.3 is 4.74 Å². The molecule has 0 radical (unpaired) electrons. The maximum absolute atomic E-state index is 13.2. The first kappa shape index (κ1) is 21.8. The number of rotatable bonds is 7. The van der Waals surface area contributed by atoms with Gasteiger partial charge in [0, 0.05) is 31.9 Å². The Bertz CT molecular complexity index is 931. The van der Waals surface area contributed by atoms with Gasteiger partial charge in [-0.05, 0) is 48.7 Å². The summed E-state index contributed by atoms with van der Waals surface area (Å²) in [7, 11) is -3.51. The van der Waals surface area contributed by atoms with Crippen molar-refractivity contribution in [1.29, 1.82) is 0 Å². The summed E-state index contributed by atoms with van der Waals surface area (Å²) in [5.74, 6) is -0.259. The van der Waals surface area contributed by atoms with Crippen LogP contribution in [-0.4, -0.2) is 54.8 Å². The van der Waals surface area contributed by atoms with Crippen molar-refractivity contribution < 1.29 is 17.5 Å². The highest BCUT2D eigenvalue weighted by atomic mass is 32.2. The van der Waals surface area contributed by atoms with Crippen molar-refractivity contribution in [2.45, 2.75) is 33.3 Å². The number of halogens is 1. The van der Waals surface area contributed by atoms with E-state index < -0.39 is 16.3 Å². The average Bonchev–Trinajstić information content (AvgIpc) is 2.70. The van der Waals surface area contributed by atoms with Gasteiger partial charge in [-0.3, -0.25) is 4.98 Å². The molecule has 1 aromatic heterocycles. The molecule has 3 rings (SSSR count). The Labute approximate surface area is 172 Å². The number of ether oxygens (including phenoxy) is 1. The number of morpholine rings is 1. The van der Waals surface area contributed by atoms with Crippen LogP contribution in [0.2, 0.25) is 0 Å². The van der Waals surface area contributed by atoms with E-state index >= 15 is 0 Å². The summed E-state index contributed by atoms with van der Waals surface area (Å²) in [4.78, 5) is 4.59. The molecule has 158 valence electrons. The van der Waals surface area contributed by atoms with E-state index in [0.717, 1.165) is 22.5 Å². The van der Waals surface area contributed by atoms with Crippen molar-refractivity contribution >= 4 is 10.2 Å². The summed E-state index contributed by atoms with van der Waals surface area (Å²) in [5, 5.41) is 0. The zero-order valence-electron chi connectivity index (χ0n) is 17.1. The Morgan fingerprint density at radius 3 is 2.52 bits per heavy atom. The van der Waals surface area contributed by atoms with Crippen LogP contribution in [0.5, 0.6) is 0 Å². The highest BCUT2D eigenvalue weighted by Gasteiger charge is 2.34. The van der Waals surface area contributed by atoms with Crippen molar-refractivity contribution in [2.75, 3.05) is 32.8 Å². The highest BCUT2D eigenvalue weighted by Crippen LogP contribution is 2.25. The van der Waals surface area contributed by atoms with Gasteiger partial charge in [0.05, 0.1) is 12.3 Å². The van der Waals surface area contributed by atoms with E-state index in [9.17, 15) is 12.8 Å². The Morgan fingerprint density at radius 1 is 1.17 bits per heavy atom. The second-order valence-electron chi connectivity index (χ2n) is 7.15. The van der Waals surface area contributed by atoms with Crippen LogP contribution in [0.4, 0.5) is 4.39 Å². The maximum Gasteiger partial charge on any atom is 0.282 e. The topological polar surface area (TPSA) is 62.7 Å². The molecule has 1 fully saturated rings. The van der Waals surface area contributed by atoms with Crippen LogP contribution in [0.1, 0.15) is 42.5 Å². The lowest BCUT2D eigenvalue weighted by molar-refractivity contribution is -0.00668. The van der Waals surface area contributed by atoms with Crippen LogP contribution in [0, 0.1) is 12.7 Å². The molecular weight excluding hydrogens is 393 g/mol. The van der Waals surface area contributed by atoms with Crippen LogP contribution in [0.25, 0.3) is 0 Å². The Kier molecular flexibility index (Phi) is 7.00. The zero-order chi connectivity index (χ0) is 21.0. The van der Waals surface area contributed by atoms with Gasteiger partial charge in [-0.1, -0.05) is 26.0 Å². The molecule has 0 spiro atoms. The van der Waals surface area contributed by atoms with Gasteiger partial charge in [0.25, 0.3) is 10.2 Å². The molecule has 1 unspecified atom stereocenters. The first-order valence-corrected chi connectivity index (χ1v) is 11.3. The van der Waals surface area contributed by atoms with Crippen LogP contribution in [0.3, 0.4) is 0 Å². The lowest BCUT2D eigenvalue weighted by Crippen LogP contribution is -2.49. The van der Waals surface area contributed by atoms with Crippen molar-refractivity contribution in [2.24, 2.45) is 0 Å². The predicted molar refractivity (Wildman–Crippen MR) is 110 cm³/mol. The first-order valence-electron chi connectivity index (χ1n) is 9.92. The fourth-order valence-electron chi connectivity index (χ4n) is 3.60. The summed E-state index contributed by atoms with van der Waals surface area (Å²) in [5.41, 5.74) is 3.60. The lowest BCUT2D eigenvalue weighted by atomic mass is 10.0. The van der Waals surface area contributed by atoms with Crippen LogP contribution >= 0.6 is 0 Å². The van der Waals surface area contributed by atoms with Gasteiger partial charge in [-0.15, -0.1) is 0 Å². The molecule has 0 amide bonds. The molecule has 1 saturated heterocycles. The van der Waals surface area contributed by atoms with Gasteiger partial charge in [0.15, 0.2) is 0 Å². The molecular formula is C21H28FN3O3S. The number of hydrogen-bond donors (Lipinski definition) is 0. The molecule has 0 saturated carbocycles. The van der Waals surface area contributed by atoms with E-state index in [0.29, 0.717) is 32.7 Å². The van der Waals surface area contributed by atoms with E-state index in [1.807, 2.05) is 32.9 Å². The average molecular weight is 422 g/mol. The number of benzene rings is 1. The Hall–Kier alpha value is -1.87. The largest absolute Gasteiger partial charge is 0.369 e. The molecule has 0 N–H and O–H groups in total. The molecule has 2 aromatic rings. The third-order valence-electron chi connectivity index (χ3n) is 5.07. The van der Waals surface area contributed by atoms with Gasteiger partial charge in [0.1, 0.15) is 11.9 Å². The van der Waals surface area contributed by atoms with E-state index in [-0.39, 0.29) is 12.4 Å². The number of aromatic nitrogens is 1. The molecule has 6 nitrogen and oxygen atoms in total.